The number of nitrogens with zero attached hydrogens (tertiary/aromatic N) is 1. The third kappa shape index (κ3) is 1.95. The molecule has 0 amide bonds. The zero-order valence-corrected chi connectivity index (χ0v) is 12.4. The van der Waals surface area contributed by atoms with E-state index in [4.69, 9.17) is 0 Å². The van der Waals surface area contributed by atoms with Gasteiger partial charge in [-0.3, -0.25) is 0 Å². The van der Waals surface area contributed by atoms with Crippen molar-refractivity contribution in [2.45, 2.75) is 33.1 Å². The minimum atomic E-state index is 0.145. The molecule has 1 heterocycles. The van der Waals surface area contributed by atoms with Crippen molar-refractivity contribution in [2.75, 3.05) is 13.6 Å². The number of aryl methyl sites for hydroxylation is 2. The fourth-order valence-electron chi connectivity index (χ4n) is 3.07. The van der Waals surface area contributed by atoms with Crippen LogP contribution in [0.1, 0.15) is 30.7 Å². The van der Waals surface area contributed by atoms with Crippen LogP contribution in [0.15, 0.2) is 18.2 Å². The Morgan fingerprint density at radius 3 is 2.50 bits per heavy atom. The number of rotatable bonds is 3. The Bertz CT molecular complexity index is 576. The van der Waals surface area contributed by atoms with Crippen molar-refractivity contribution >= 4 is 10.9 Å². The molecule has 0 unspecified atom stereocenters. The summed E-state index contributed by atoms with van der Waals surface area (Å²) < 4.78 is 2.31. The first kappa shape index (κ1) is 13.2. The Labute approximate surface area is 110 Å². The van der Waals surface area contributed by atoms with E-state index in [0.717, 1.165) is 6.54 Å². The van der Waals surface area contributed by atoms with Crippen LogP contribution in [0.3, 0.4) is 0 Å². The van der Waals surface area contributed by atoms with Crippen molar-refractivity contribution in [3.63, 3.8) is 0 Å². The molecule has 1 aromatic carbocycles. The van der Waals surface area contributed by atoms with E-state index in [2.05, 4.69) is 62.8 Å². The van der Waals surface area contributed by atoms with Crippen LogP contribution in [-0.4, -0.2) is 18.2 Å². The number of nitrogens with one attached hydrogen (secondary N) is 1. The van der Waals surface area contributed by atoms with E-state index in [0.29, 0.717) is 0 Å². The van der Waals surface area contributed by atoms with Gasteiger partial charge in [0.1, 0.15) is 0 Å². The fraction of sp³-hybridized carbons (Fsp3) is 0.500. The minimum Gasteiger partial charge on any atom is -0.348 e. The van der Waals surface area contributed by atoms with E-state index in [1.54, 1.807) is 0 Å². The molecule has 98 valence electrons. The van der Waals surface area contributed by atoms with Crippen LogP contribution in [0.4, 0.5) is 0 Å². The summed E-state index contributed by atoms with van der Waals surface area (Å²) in [6.45, 7) is 10.0. The smallest absolute Gasteiger partial charge is 0.0483 e. The molecule has 2 heteroatoms. The molecular weight excluding hydrogens is 220 g/mol. The zero-order chi connectivity index (χ0) is 13.5. The van der Waals surface area contributed by atoms with Crippen molar-refractivity contribution in [1.29, 1.82) is 0 Å². The third-order valence-electron chi connectivity index (χ3n) is 3.94. The molecule has 2 rings (SSSR count). The molecule has 0 aliphatic rings. The standard InChI is InChI=1S/C16H24N2/c1-11-7-8-14-13(9-11)15(12(2)18(14)6)16(3,4)10-17-5/h7-9,17H,10H2,1-6H3. The lowest BCUT2D eigenvalue weighted by molar-refractivity contribution is 0.493. The Morgan fingerprint density at radius 1 is 1.22 bits per heavy atom. The van der Waals surface area contributed by atoms with Crippen molar-refractivity contribution in [2.24, 2.45) is 7.05 Å². The van der Waals surface area contributed by atoms with E-state index in [9.17, 15) is 0 Å². The Kier molecular flexibility index (Phi) is 3.24. The molecule has 0 saturated carbocycles. The summed E-state index contributed by atoms with van der Waals surface area (Å²) in [5.74, 6) is 0. The predicted octanol–water partition coefficient (Wildman–Crippen LogP) is 3.29. The molecule has 0 aliphatic carbocycles. The van der Waals surface area contributed by atoms with Gasteiger partial charge in [-0.05, 0) is 38.6 Å². The Balaban J connectivity index is 2.77. The first-order chi connectivity index (χ1) is 8.38. The summed E-state index contributed by atoms with van der Waals surface area (Å²) in [6.07, 6.45) is 0. The highest BCUT2D eigenvalue weighted by Gasteiger charge is 2.26. The van der Waals surface area contributed by atoms with Gasteiger partial charge in [-0.1, -0.05) is 25.5 Å². The van der Waals surface area contributed by atoms with Crippen LogP contribution in [0.25, 0.3) is 10.9 Å². The summed E-state index contributed by atoms with van der Waals surface area (Å²) in [5, 5.41) is 4.71. The highest BCUT2D eigenvalue weighted by molar-refractivity contribution is 5.87. The summed E-state index contributed by atoms with van der Waals surface area (Å²) >= 11 is 0. The van der Waals surface area contributed by atoms with E-state index in [1.807, 2.05) is 7.05 Å². The van der Waals surface area contributed by atoms with Crippen molar-refractivity contribution in [3.05, 3.63) is 35.0 Å². The van der Waals surface area contributed by atoms with Crippen molar-refractivity contribution in [3.8, 4) is 0 Å². The summed E-state index contributed by atoms with van der Waals surface area (Å²) in [5.41, 5.74) is 5.65. The molecule has 1 N–H and O–H groups in total. The summed E-state index contributed by atoms with van der Waals surface area (Å²) in [6, 6.07) is 6.74. The molecule has 2 nitrogen and oxygen atoms in total. The van der Waals surface area contributed by atoms with Gasteiger partial charge in [0, 0.05) is 35.6 Å². The highest BCUT2D eigenvalue weighted by Crippen LogP contribution is 2.35. The minimum absolute atomic E-state index is 0.145. The maximum Gasteiger partial charge on any atom is 0.0483 e. The lowest BCUT2D eigenvalue weighted by Crippen LogP contribution is -2.31. The van der Waals surface area contributed by atoms with Gasteiger partial charge in [-0.25, -0.2) is 0 Å². The van der Waals surface area contributed by atoms with Crippen molar-refractivity contribution < 1.29 is 0 Å². The van der Waals surface area contributed by atoms with Gasteiger partial charge in [-0.2, -0.15) is 0 Å². The predicted molar refractivity (Wildman–Crippen MR) is 79.3 cm³/mol. The van der Waals surface area contributed by atoms with E-state index in [1.165, 1.54) is 27.7 Å². The summed E-state index contributed by atoms with van der Waals surface area (Å²) in [4.78, 5) is 0. The fourth-order valence-corrected chi connectivity index (χ4v) is 3.07. The number of aromatic nitrogens is 1. The number of fused-ring (bicyclic) bond motifs is 1. The Hall–Kier alpha value is -1.28. The number of likely N-dealkylation sites (N-methyl/N-ethyl adjacent to an activating group) is 1. The molecule has 0 atom stereocenters. The zero-order valence-electron chi connectivity index (χ0n) is 12.4. The van der Waals surface area contributed by atoms with Crippen LogP contribution in [-0.2, 0) is 12.5 Å². The first-order valence-electron chi connectivity index (χ1n) is 6.59. The molecule has 0 aliphatic heterocycles. The quantitative estimate of drug-likeness (QED) is 0.876. The Morgan fingerprint density at radius 2 is 1.89 bits per heavy atom. The van der Waals surface area contributed by atoms with E-state index in [-0.39, 0.29) is 5.41 Å². The molecular formula is C16H24N2. The average Bonchev–Trinajstić information content (AvgIpc) is 2.51. The van der Waals surface area contributed by atoms with Crippen LogP contribution in [0.2, 0.25) is 0 Å². The second kappa shape index (κ2) is 4.43. The molecule has 18 heavy (non-hydrogen) atoms. The largest absolute Gasteiger partial charge is 0.348 e. The van der Waals surface area contributed by atoms with Crippen LogP contribution in [0.5, 0.6) is 0 Å². The van der Waals surface area contributed by atoms with Crippen LogP contribution >= 0.6 is 0 Å². The van der Waals surface area contributed by atoms with Gasteiger partial charge in [-0.15, -0.1) is 0 Å². The third-order valence-corrected chi connectivity index (χ3v) is 3.94. The number of benzene rings is 1. The molecule has 2 aromatic rings. The highest BCUT2D eigenvalue weighted by atomic mass is 15.0. The molecule has 0 fully saturated rings. The van der Waals surface area contributed by atoms with E-state index >= 15 is 0 Å². The number of hydrogen-bond acceptors (Lipinski definition) is 1. The van der Waals surface area contributed by atoms with Gasteiger partial charge >= 0.3 is 0 Å². The maximum absolute atomic E-state index is 3.31. The van der Waals surface area contributed by atoms with Gasteiger partial charge < -0.3 is 9.88 Å². The normalized spacial score (nSPS) is 12.3. The molecule has 0 spiro atoms. The van der Waals surface area contributed by atoms with Gasteiger partial charge in [0.15, 0.2) is 0 Å². The molecule has 1 aromatic heterocycles. The summed E-state index contributed by atoms with van der Waals surface area (Å²) in [7, 11) is 4.18. The lowest BCUT2D eigenvalue weighted by atomic mass is 9.82. The molecule has 0 radical (unpaired) electrons. The lowest BCUT2D eigenvalue weighted by Gasteiger charge is -2.25. The first-order valence-corrected chi connectivity index (χ1v) is 6.59. The molecule has 0 saturated heterocycles. The maximum atomic E-state index is 3.31. The second-order valence-corrected chi connectivity index (χ2v) is 5.95. The molecule has 0 bridgehead atoms. The number of hydrogen-bond donors (Lipinski definition) is 1. The average molecular weight is 244 g/mol. The van der Waals surface area contributed by atoms with Crippen LogP contribution in [0, 0.1) is 13.8 Å². The van der Waals surface area contributed by atoms with Crippen LogP contribution < -0.4 is 5.32 Å². The van der Waals surface area contributed by atoms with Gasteiger partial charge in [0.2, 0.25) is 0 Å². The second-order valence-electron chi connectivity index (χ2n) is 5.95. The topological polar surface area (TPSA) is 17.0 Å². The van der Waals surface area contributed by atoms with E-state index < -0.39 is 0 Å². The van der Waals surface area contributed by atoms with Crippen molar-refractivity contribution in [1.82, 2.24) is 9.88 Å². The monoisotopic (exact) mass is 244 g/mol. The SMILES string of the molecule is CNCC(C)(C)c1c(C)n(C)c2ccc(C)cc12. The van der Waals surface area contributed by atoms with Gasteiger partial charge in [0.25, 0.3) is 0 Å². The van der Waals surface area contributed by atoms with Gasteiger partial charge in [0.05, 0.1) is 0 Å².